The maximum atomic E-state index is 13.0. The number of fused-ring (bicyclic) bond motifs is 1. The van der Waals surface area contributed by atoms with Crippen LogP contribution in [0.2, 0.25) is 5.02 Å². The molecule has 0 spiro atoms. The SMILES string of the molecule is O=c1c2nccnc2nc(SCc2ccc(Cl)cc2)n1Cc1ccccc1. The Labute approximate surface area is 165 Å². The average Bonchev–Trinajstić information content (AvgIpc) is 2.71. The molecule has 134 valence electrons. The summed E-state index contributed by atoms with van der Waals surface area (Å²) in [7, 11) is 0. The number of halogens is 1. The second-order valence-corrected chi connectivity index (χ2v) is 7.29. The van der Waals surface area contributed by atoms with Gasteiger partial charge in [-0.05, 0) is 23.3 Å². The maximum absolute atomic E-state index is 13.0. The van der Waals surface area contributed by atoms with Gasteiger partial charge in [0.1, 0.15) is 0 Å². The predicted molar refractivity (Wildman–Crippen MR) is 108 cm³/mol. The number of rotatable bonds is 5. The molecular weight excluding hydrogens is 380 g/mol. The van der Waals surface area contributed by atoms with Gasteiger partial charge in [-0.15, -0.1) is 0 Å². The van der Waals surface area contributed by atoms with Crippen molar-refractivity contribution in [2.45, 2.75) is 17.5 Å². The summed E-state index contributed by atoms with van der Waals surface area (Å²) in [6, 6.07) is 17.5. The first-order valence-corrected chi connectivity index (χ1v) is 9.70. The lowest BCUT2D eigenvalue weighted by molar-refractivity contribution is 0.654. The Morgan fingerprint density at radius 2 is 1.67 bits per heavy atom. The highest BCUT2D eigenvalue weighted by Crippen LogP contribution is 2.23. The molecule has 0 atom stereocenters. The van der Waals surface area contributed by atoms with Crippen molar-refractivity contribution in [1.29, 1.82) is 0 Å². The molecule has 7 heteroatoms. The highest BCUT2D eigenvalue weighted by Gasteiger charge is 2.14. The van der Waals surface area contributed by atoms with Gasteiger partial charge in [-0.2, -0.15) is 0 Å². The smallest absolute Gasteiger partial charge is 0.281 e. The molecule has 0 saturated heterocycles. The molecule has 0 bridgehead atoms. The molecule has 4 aromatic rings. The van der Waals surface area contributed by atoms with Crippen molar-refractivity contribution in [3.05, 3.63) is 93.5 Å². The molecule has 5 nitrogen and oxygen atoms in total. The van der Waals surface area contributed by atoms with Crippen LogP contribution in [0.1, 0.15) is 11.1 Å². The third-order valence-corrected chi connectivity index (χ3v) is 5.32. The van der Waals surface area contributed by atoms with Gasteiger partial charge in [0.2, 0.25) is 0 Å². The summed E-state index contributed by atoms with van der Waals surface area (Å²) in [5.74, 6) is 0.671. The molecule has 2 heterocycles. The minimum Gasteiger partial charge on any atom is -0.281 e. The molecule has 0 fully saturated rings. The van der Waals surface area contributed by atoms with Crippen LogP contribution in [0, 0.1) is 0 Å². The molecule has 0 radical (unpaired) electrons. The van der Waals surface area contributed by atoms with Crippen molar-refractivity contribution in [3.8, 4) is 0 Å². The van der Waals surface area contributed by atoms with Crippen LogP contribution in [0.25, 0.3) is 11.2 Å². The second kappa shape index (κ2) is 7.90. The molecule has 4 rings (SSSR count). The van der Waals surface area contributed by atoms with Crippen molar-refractivity contribution < 1.29 is 0 Å². The molecule has 2 aromatic carbocycles. The highest BCUT2D eigenvalue weighted by molar-refractivity contribution is 7.98. The fourth-order valence-electron chi connectivity index (χ4n) is 2.67. The Morgan fingerprint density at radius 1 is 0.926 bits per heavy atom. The molecule has 0 unspecified atom stereocenters. The van der Waals surface area contributed by atoms with Gasteiger partial charge in [-0.3, -0.25) is 9.36 Å². The van der Waals surface area contributed by atoms with Crippen LogP contribution in [0.5, 0.6) is 0 Å². The Morgan fingerprint density at radius 3 is 2.44 bits per heavy atom. The van der Waals surface area contributed by atoms with Gasteiger partial charge >= 0.3 is 0 Å². The minimum atomic E-state index is -0.185. The quantitative estimate of drug-likeness (QED) is 0.375. The lowest BCUT2D eigenvalue weighted by atomic mass is 10.2. The maximum Gasteiger partial charge on any atom is 0.282 e. The van der Waals surface area contributed by atoms with E-state index in [0.717, 1.165) is 11.1 Å². The molecule has 0 amide bonds. The fraction of sp³-hybridized carbons (Fsp3) is 0.100. The molecule has 0 saturated carbocycles. The number of hydrogen-bond donors (Lipinski definition) is 0. The summed E-state index contributed by atoms with van der Waals surface area (Å²) in [6.07, 6.45) is 3.06. The van der Waals surface area contributed by atoms with E-state index in [-0.39, 0.29) is 11.1 Å². The number of thioether (sulfide) groups is 1. The summed E-state index contributed by atoms with van der Waals surface area (Å²) in [5.41, 5.74) is 2.59. The Bertz CT molecular complexity index is 1130. The first kappa shape index (κ1) is 17.7. The lowest BCUT2D eigenvalue weighted by Crippen LogP contribution is -2.25. The van der Waals surface area contributed by atoms with Crippen LogP contribution < -0.4 is 5.56 Å². The van der Waals surface area contributed by atoms with Gasteiger partial charge in [0.15, 0.2) is 16.3 Å². The van der Waals surface area contributed by atoms with Gasteiger partial charge in [0.25, 0.3) is 5.56 Å². The zero-order chi connectivity index (χ0) is 18.6. The van der Waals surface area contributed by atoms with Gasteiger partial charge in [-0.25, -0.2) is 15.0 Å². The number of benzene rings is 2. The second-order valence-electron chi connectivity index (χ2n) is 5.91. The lowest BCUT2D eigenvalue weighted by Gasteiger charge is -2.12. The van der Waals surface area contributed by atoms with E-state index in [4.69, 9.17) is 11.6 Å². The third-order valence-electron chi connectivity index (χ3n) is 4.02. The molecule has 27 heavy (non-hydrogen) atoms. The molecule has 0 N–H and O–H groups in total. The number of aromatic nitrogens is 4. The van der Waals surface area contributed by atoms with E-state index in [1.54, 1.807) is 10.8 Å². The largest absolute Gasteiger partial charge is 0.282 e. The average molecular weight is 395 g/mol. The number of nitrogens with zero attached hydrogens (tertiary/aromatic N) is 4. The zero-order valence-corrected chi connectivity index (χ0v) is 15.8. The zero-order valence-electron chi connectivity index (χ0n) is 14.2. The van der Waals surface area contributed by atoms with Crippen molar-refractivity contribution in [3.63, 3.8) is 0 Å². The van der Waals surface area contributed by atoms with Crippen LogP contribution in [0.15, 0.2) is 76.9 Å². The molecule has 0 aliphatic carbocycles. The van der Waals surface area contributed by atoms with E-state index in [2.05, 4.69) is 15.0 Å². The third kappa shape index (κ3) is 4.02. The number of hydrogen-bond acceptors (Lipinski definition) is 5. The van der Waals surface area contributed by atoms with Crippen LogP contribution in [-0.4, -0.2) is 19.5 Å². The summed E-state index contributed by atoms with van der Waals surface area (Å²) in [5, 5.41) is 1.32. The molecule has 0 aliphatic heterocycles. The van der Waals surface area contributed by atoms with Crippen LogP contribution >= 0.6 is 23.4 Å². The Hall–Kier alpha value is -2.70. The standard InChI is InChI=1S/C20H15ClN4OS/c21-16-8-6-15(7-9-16)13-27-20-24-18-17(22-10-11-23-18)19(26)25(20)12-14-4-2-1-3-5-14/h1-11H,12-13H2. The van der Waals surface area contributed by atoms with Gasteiger partial charge in [-0.1, -0.05) is 65.8 Å². The van der Waals surface area contributed by atoms with Crippen molar-refractivity contribution in [2.75, 3.05) is 0 Å². The molecular formula is C20H15ClN4OS. The van der Waals surface area contributed by atoms with Gasteiger partial charge in [0.05, 0.1) is 6.54 Å². The van der Waals surface area contributed by atoms with Crippen LogP contribution in [-0.2, 0) is 12.3 Å². The van der Waals surface area contributed by atoms with E-state index in [0.29, 0.717) is 28.1 Å². The first-order valence-electron chi connectivity index (χ1n) is 8.33. The molecule has 2 aromatic heterocycles. The van der Waals surface area contributed by atoms with E-state index in [9.17, 15) is 4.79 Å². The molecule has 0 aliphatic rings. The fourth-order valence-corrected chi connectivity index (χ4v) is 3.74. The van der Waals surface area contributed by atoms with Gasteiger partial charge < -0.3 is 0 Å². The Balaban J connectivity index is 1.73. The summed E-state index contributed by atoms with van der Waals surface area (Å²) < 4.78 is 1.66. The monoisotopic (exact) mass is 394 g/mol. The summed E-state index contributed by atoms with van der Waals surface area (Å²) >= 11 is 7.45. The minimum absolute atomic E-state index is 0.185. The van der Waals surface area contributed by atoms with E-state index in [1.165, 1.54) is 18.0 Å². The van der Waals surface area contributed by atoms with E-state index in [1.807, 2.05) is 54.6 Å². The highest BCUT2D eigenvalue weighted by atomic mass is 35.5. The topological polar surface area (TPSA) is 60.7 Å². The first-order chi connectivity index (χ1) is 13.2. The Kier molecular flexibility index (Phi) is 5.18. The van der Waals surface area contributed by atoms with Crippen molar-refractivity contribution in [1.82, 2.24) is 19.5 Å². The predicted octanol–water partition coefficient (Wildman–Crippen LogP) is 4.18. The van der Waals surface area contributed by atoms with E-state index < -0.39 is 0 Å². The van der Waals surface area contributed by atoms with Crippen LogP contribution in [0.3, 0.4) is 0 Å². The van der Waals surface area contributed by atoms with E-state index >= 15 is 0 Å². The normalized spacial score (nSPS) is 11.0. The van der Waals surface area contributed by atoms with Gasteiger partial charge in [0, 0.05) is 23.2 Å². The summed E-state index contributed by atoms with van der Waals surface area (Å²) in [4.78, 5) is 26.0. The summed E-state index contributed by atoms with van der Waals surface area (Å²) in [6.45, 7) is 0.433. The van der Waals surface area contributed by atoms with Crippen LogP contribution in [0.4, 0.5) is 0 Å². The van der Waals surface area contributed by atoms with Crippen molar-refractivity contribution >= 4 is 34.5 Å². The van der Waals surface area contributed by atoms with Crippen molar-refractivity contribution in [2.24, 2.45) is 0 Å².